The van der Waals surface area contributed by atoms with Crippen molar-refractivity contribution in [2.24, 2.45) is 0 Å². The quantitative estimate of drug-likeness (QED) is 0.454. The fraction of sp³-hybridized carbons (Fsp3) is 0.452. The van der Waals surface area contributed by atoms with Crippen molar-refractivity contribution in [2.45, 2.75) is 63.8 Å². The number of aryl methyl sites for hydroxylation is 2. The fourth-order valence-corrected chi connectivity index (χ4v) is 5.95. The van der Waals surface area contributed by atoms with E-state index in [4.69, 9.17) is 0 Å². The molecule has 4 heteroatoms. The molecule has 2 aromatic rings. The normalized spacial score (nSPS) is 17.7. The van der Waals surface area contributed by atoms with Crippen LogP contribution >= 0.6 is 0 Å². The first-order valence-corrected chi connectivity index (χ1v) is 13.1. The van der Waals surface area contributed by atoms with Crippen LogP contribution in [0.5, 0.6) is 0 Å². The van der Waals surface area contributed by atoms with E-state index in [-0.39, 0.29) is 5.41 Å². The lowest BCUT2D eigenvalue weighted by atomic mass is 9.72. The molecule has 0 aliphatic carbocycles. The molecule has 0 saturated carbocycles. The Hall–Kier alpha value is -3.03. The molecular formula is C31H40N4. The molecule has 0 amide bonds. The van der Waals surface area contributed by atoms with Crippen LogP contribution in [0, 0.1) is 11.3 Å². The van der Waals surface area contributed by atoms with E-state index in [1.54, 1.807) is 0 Å². The van der Waals surface area contributed by atoms with Gasteiger partial charge < -0.3 is 15.1 Å². The Morgan fingerprint density at radius 3 is 2.57 bits per heavy atom. The second-order valence-electron chi connectivity index (χ2n) is 10.4. The summed E-state index contributed by atoms with van der Waals surface area (Å²) >= 11 is 0. The highest BCUT2D eigenvalue weighted by Crippen LogP contribution is 2.41. The predicted molar refractivity (Wildman–Crippen MR) is 148 cm³/mol. The van der Waals surface area contributed by atoms with Gasteiger partial charge in [0.2, 0.25) is 0 Å². The van der Waals surface area contributed by atoms with Gasteiger partial charge in [-0.25, -0.2) is 0 Å². The Bertz CT molecular complexity index is 1120. The molecule has 2 aliphatic rings. The summed E-state index contributed by atoms with van der Waals surface area (Å²) in [6.45, 7) is 16.2. The van der Waals surface area contributed by atoms with Gasteiger partial charge in [0.05, 0.1) is 11.6 Å². The average molecular weight is 469 g/mol. The van der Waals surface area contributed by atoms with Gasteiger partial charge in [-0.2, -0.15) is 5.26 Å². The molecule has 0 unspecified atom stereocenters. The Labute approximate surface area is 211 Å². The minimum absolute atomic E-state index is 0.0769. The SMILES string of the molecule is C=CC1(c2cc(C#N)ccc2NC)CCN(CCCc2ccc3c(c2)CCC(=C)N3C(C)C)CC1. The highest BCUT2D eigenvalue weighted by Gasteiger charge is 2.35. The van der Waals surface area contributed by atoms with Crippen molar-refractivity contribution < 1.29 is 0 Å². The predicted octanol–water partition coefficient (Wildman–Crippen LogP) is 6.43. The number of allylic oxidation sites excluding steroid dienone is 2. The third-order valence-corrected chi connectivity index (χ3v) is 7.98. The number of hydrogen-bond donors (Lipinski definition) is 1. The topological polar surface area (TPSA) is 42.3 Å². The zero-order valence-electron chi connectivity index (χ0n) is 21.7. The Balaban J connectivity index is 1.35. The van der Waals surface area contributed by atoms with Gasteiger partial charge in [-0.15, -0.1) is 6.58 Å². The van der Waals surface area contributed by atoms with Crippen molar-refractivity contribution in [3.05, 3.63) is 83.6 Å². The van der Waals surface area contributed by atoms with Crippen LogP contribution in [0.1, 0.15) is 61.8 Å². The molecule has 0 aromatic heterocycles. The summed E-state index contributed by atoms with van der Waals surface area (Å²) in [6, 6.07) is 15.8. The highest BCUT2D eigenvalue weighted by molar-refractivity contribution is 5.62. The van der Waals surface area contributed by atoms with Crippen LogP contribution in [-0.4, -0.2) is 37.6 Å². The molecule has 0 atom stereocenters. The summed E-state index contributed by atoms with van der Waals surface area (Å²) in [7, 11) is 1.95. The highest BCUT2D eigenvalue weighted by atomic mass is 15.2. The minimum atomic E-state index is -0.0769. The second-order valence-corrected chi connectivity index (χ2v) is 10.4. The maximum Gasteiger partial charge on any atom is 0.0991 e. The molecule has 4 nitrogen and oxygen atoms in total. The van der Waals surface area contributed by atoms with Crippen LogP contribution in [0.2, 0.25) is 0 Å². The monoisotopic (exact) mass is 468 g/mol. The minimum Gasteiger partial charge on any atom is -0.388 e. The number of fused-ring (bicyclic) bond motifs is 1. The molecular weight excluding hydrogens is 428 g/mol. The molecule has 184 valence electrons. The maximum absolute atomic E-state index is 9.42. The van der Waals surface area contributed by atoms with E-state index in [2.05, 4.69) is 78.5 Å². The number of piperidine rings is 1. The lowest BCUT2D eigenvalue weighted by molar-refractivity contribution is 0.182. The van der Waals surface area contributed by atoms with Crippen molar-refractivity contribution in [2.75, 3.05) is 36.9 Å². The van der Waals surface area contributed by atoms with Crippen LogP contribution < -0.4 is 10.2 Å². The third-order valence-electron chi connectivity index (χ3n) is 7.98. The molecule has 1 fully saturated rings. The molecule has 0 bridgehead atoms. The van der Waals surface area contributed by atoms with Gasteiger partial charge >= 0.3 is 0 Å². The number of nitrogens with one attached hydrogen (secondary N) is 1. The van der Waals surface area contributed by atoms with Gasteiger partial charge in [-0.05, 0) is 113 Å². The summed E-state index contributed by atoms with van der Waals surface area (Å²) in [5.41, 5.74) is 8.45. The van der Waals surface area contributed by atoms with Crippen molar-refractivity contribution in [3.8, 4) is 6.07 Å². The average Bonchev–Trinajstić information content (AvgIpc) is 2.88. The maximum atomic E-state index is 9.42. The number of nitriles is 1. The van der Waals surface area contributed by atoms with E-state index < -0.39 is 0 Å². The number of hydrogen-bond acceptors (Lipinski definition) is 4. The van der Waals surface area contributed by atoms with Crippen LogP contribution in [0.25, 0.3) is 0 Å². The lowest BCUT2D eigenvalue weighted by Crippen LogP contribution is -2.42. The van der Waals surface area contributed by atoms with Gasteiger partial charge in [0, 0.05) is 35.6 Å². The van der Waals surface area contributed by atoms with E-state index in [1.165, 1.54) is 34.5 Å². The summed E-state index contributed by atoms with van der Waals surface area (Å²) < 4.78 is 0. The van der Waals surface area contributed by atoms with E-state index in [0.717, 1.165) is 57.4 Å². The van der Waals surface area contributed by atoms with E-state index >= 15 is 0 Å². The largest absolute Gasteiger partial charge is 0.388 e. The molecule has 0 spiro atoms. The zero-order chi connectivity index (χ0) is 25.0. The van der Waals surface area contributed by atoms with Crippen LogP contribution in [0.3, 0.4) is 0 Å². The first-order chi connectivity index (χ1) is 16.9. The van der Waals surface area contributed by atoms with Crippen molar-refractivity contribution >= 4 is 11.4 Å². The van der Waals surface area contributed by atoms with E-state index in [9.17, 15) is 5.26 Å². The molecule has 0 radical (unpaired) electrons. The number of nitrogens with zero attached hydrogens (tertiary/aromatic N) is 3. The van der Waals surface area contributed by atoms with Crippen LogP contribution in [-0.2, 0) is 18.3 Å². The standard InChI is InChI=1S/C31H40N4/c1-6-31(28-21-26(22-32)10-13-29(28)33-5)15-18-34(19-16-31)17-7-8-25-11-14-30-27(20-25)12-9-24(4)35(30)23(2)3/h6,10-11,13-14,20-21,23,33H,1,4,7-9,12,15-19H2,2-3,5H3. The van der Waals surface area contributed by atoms with Crippen LogP contribution in [0.4, 0.5) is 11.4 Å². The van der Waals surface area contributed by atoms with E-state index in [0.29, 0.717) is 11.6 Å². The fourth-order valence-electron chi connectivity index (χ4n) is 5.95. The smallest absolute Gasteiger partial charge is 0.0991 e. The van der Waals surface area contributed by atoms with E-state index in [1.807, 2.05) is 19.2 Å². The van der Waals surface area contributed by atoms with Gasteiger partial charge in [0.25, 0.3) is 0 Å². The van der Waals surface area contributed by atoms with Crippen molar-refractivity contribution in [1.29, 1.82) is 5.26 Å². The molecule has 2 aromatic carbocycles. The van der Waals surface area contributed by atoms with Gasteiger partial charge in [0.15, 0.2) is 0 Å². The molecule has 35 heavy (non-hydrogen) atoms. The first-order valence-electron chi connectivity index (χ1n) is 13.1. The molecule has 4 rings (SSSR count). The van der Waals surface area contributed by atoms with Gasteiger partial charge in [-0.1, -0.05) is 24.8 Å². The molecule has 1 saturated heterocycles. The number of anilines is 2. The Morgan fingerprint density at radius 2 is 1.91 bits per heavy atom. The number of benzene rings is 2. The van der Waals surface area contributed by atoms with Gasteiger partial charge in [-0.3, -0.25) is 0 Å². The molecule has 2 heterocycles. The number of rotatable bonds is 8. The Kier molecular flexibility index (Phi) is 7.67. The summed E-state index contributed by atoms with van der Waals surface area (Å²) in [5.74, 6) is 0. The van der Waals surface area contributed by atoms with Crippen molar-refractivity contribution in [3.63, 3.8) is 0 Å². The summed E-state index contributed by atoms with van der Waals surface area (Å²) in [6.07, 6.45) is 8.63. The summed E-state index contributed by atoms with van der Waals surface area (Å²) in [5, 5.41) is 12.7. The number of likely N-dealkylation sites (tertiary alicyclic amines) is 1. The second kappa shape index (κ2) is 10.7. The molecule has 2 aliphatic heterocycles. The zero-order valence-corrected chi connectivity index (χ0v) is 21.7. The molecule has 1 N–H and O–H groups in total. The van der Waals surface area contributed by atoms with Gasteiger partial charge in [0.1, 0.15) is 0 Å². The van der Waals surface area contributed by atoms with Crippen LogP contribution in [0.15, 0.2) is 61.3 Å². The van der Waals surface area contributed by atoms with Crippen molar-refractivity contribution in [1.82, 2.24) is 4.90 Å². The third kappa shape index (κ3) is 5.16. The lowest BCUT2D eigenvalue weighted by Gasteiger charge is -2.41. The summed E-state index contributed by atoms with van der Waals surface area (Å²) in [4.78, 5) is 4.99. The Morgan fingerprint density at radius 1 is 1.14 bits per heavy atom. The first kappa shape index (κ1) is 25.1.